The largest absolute Gasteiger partial charge is 0.399 e. The molecule has 3 atom stereocenters. The number of rotatable bonds is 7. The van der Waals surface area contributed by atoms with Crippen LogP contribution in [0.5, 0.6) is 0 Å². The number of carbonyl (C=O) groups excluding carboxylic acids is 3. The fourth-order valence-corrected chi connectivity index (χ4v) is 8.30. The monoisotopic (exact) mass is 773 g/mol. The highest BCUT2D eigenvalue weighted by Crippen LogP contribution is 2.59. The second-order valence-corrected chi connectivity index (χ2v) is 17.7. The smallest absolute Gasteiger partial charge is 0.367 e. The van der Waals surface area contributed by atoms with Crippen LogP contribution >= 0.6 is 30.5 Å². The van der Waals surface area contributed by atoms with Gasteiger partial charge in [-0.3, -0.25) is 18.9 Å². The zero-order valence-corrected chi connectivity index (χ0v) is 31.4. The van der Waals surface area contributed by atoms with Crippen LogP contribution in [-0.4, -0.2) is 69.1 Å². The van der Waals surface area contributed by atoms with E-state index in [1.165, 1.54) is 17.0 Å². The Kier molecular flexibility index (Phi) is 10.2. The molecule has 0 aliphatic carbocycles. The predicted molar refractivity (Wildman–Crippen MR) is 194 cm³/mol. The number of carbonyl (C=O) groups is 3. The number of benzene rings is 3. The number of hydrogen-bond acceptors (Lipinski definition) is 6. The molecule has 2 aliphatic rings. The van der Waals surface area contributed by atoms with Gasteiger partial charge in [0.1, 0.15) is 17.7 Å². The number of halogens is 3. The SMILES string of the molecule is CC1(c2ccc(Cl)cc2)CN(C(=O)[C@@H]2Cc3ccccc3CN2C(=O)C(NC(=O)c2cc3cc(C(F)(F)P(=O)(O)O)ccc3s2)C(C)(C)C)CCO1. The quantitative estimate of drug-likeness (QED) is 0.179. The number of alkyl halides is 2. The fourth-order valence-electron chi connectivity index (χ4n) is 6.75. The van der Waals surface area contributed by atoms with E-state index in [9.17, 15) is 37.5 Å². The molecule has 3 amide bonds. The molecule has 3 N–H and O–H groups in total. The van der Waals surface area contributed by atoms with Gasteiger partial charge in [0.05, 0.1) is 18.0 Å². The molecule has 0 spiro atoms. The van der Waals surface area contributed by atoms with Crippen LogP contribution in [0.15, 0.2) is 72.8 Å². The molecule has 3 aromatic carbocycles. The maximum Gasteiger partial charge on any atom is 0.399 e. The van der Waals surface area contributed by atoms with Crippen molar-refractivity contribution in [3.63, 3.8) is 0 Å². The van der Waals surface area contributed by atoms with Crippen LogP contribution in [0, 0.1) is 5.41 Å². The third kappa shape index (κ3) is 7.40. The highest BCUT2D eigenvalue weighted by atomic mass is 35.5. The summed E-state index contributed by atoms with van der Waals surface area (Å²) in [5.41, 5.74) is -4.22. The lowest BCUT2D eigenvalue weighted by molar-refractivity contribution is -0.160. The number of ether oxygens (including phenoxy) is 1. The maximum absolute atomic E-state index is 14.7. The van der Waals surface area contributed by atoms with Crippen molar-refractivity contribution in [2.75, 3.05) is 19.7 Å². The first kappa shape index (κ1) is 38.0. The standard InChI is InChI=1S/C37H39ClF2N3O7PS/c1-35(2,3)31(41-32(44)30-19-24-17-26(11-14-29(24)52-30)37(39,40)51(47,48)49)34(46)43-20-23-8-6-5-7-22(23)18-28(43)33(45)42-15-16-50-36(4,21-42)25-9-12-27(38)13-10-25/h5-14,17,19,28,31H,15-16,18,20-21H2,1-4H3,(H,41,44)(H2,47,48,49)/t28-,31?,36?/m0/s1. The van der Waals surface area contributed by atoms with Crippen LogP contribution in [0.2, 0.25) is 5.02 Å². The van der Waals surface area contributed by atoms with Gasteiger partial charge in [-0.15, -0.1) is 11.3 Å². The lowest BCUT2D eigenvalue weighted by Gasteiger charge is -2.45. The van der Waals surface area contributed by atoms with Crippen molar-refractivity contribution in [2.45, 2.75) is 64.0 Å². The molecule has 1 fully saturated rings. The summed E-state index contributed by atoms with van der Waals surface area (Å²) in [5, 5.41) is 3.62. The van der Waals surface area contributed by atoms with Crippen LogP contribution in [-0.2, 0) is 43.1 Å². The summed E-state index contributed by atoms with van der Waals surface area (Å²) in [6.45, 7) is 8.32. The van der Waals surface area contributed by atoms with E-state index in [0.717, 1.165) is 40.2 Å². The first-order chi connectivity index (χ1) is 24.3. The molecule has 0 saturated carbocycles. The van der Waals surface area contributed by atoms with Crippen molar-refractivity contribution < 1.29 is 42.3 Å². The van der Waals surface area contributed by atoms with Gasteiger partial charge in [0.15, 0.2) is 0 Å². The van der Waals surface area contributed by atoms with Crippen LogP contribution in [0.1, 0.15) is 59.6 Å². The van der Waals surface area contributed by atoms with Gasteiger partial charge >= 0.3 is 13.3 Å². The summed E-state index contributed by atoms with van der Waals surface area (Å²) in [5.74, 6) is -1.32. The van der Waals surface area contributed by atoms with Crippen LogP contribution in [0.3, 0.4) is 0 Å². The number of thiophene rings is 1. The van der Waals surface area contributed by atoms with Crippen molar-refractivity contribution in [1.29, 1.82) is 0 Å². The zero-order chi connectivity index (χ0) is 37.8. The van der Waals surface area contributed by atoms with Gasteiger partial charge in [0.25, 0.3) is 5.91 Å². The topological polar surface area (TPSA) is 136 Å². The Morgan fingerprint density at radius 2 is 1.71 bits per heavy atom. The first-order valence-corrected chi connectivity index (χ1v) is 19.4. The Morgan fingerprint density at radius 3 is 2.37 bits per heavy atom. The molecule has 0 radical (unpaired) electrons. The number of fused-ring (bicyclic) bond motifs is 2. The Hall–Kier alpha value is -3.71. The average molecular weight is 774 g/mol. The van der Waals surface area contributed by atoms with Gasteiger partial charge in [0.2, 0.25) is 11.8 Å². The number of amides is 3. The molecule has 2 unspecified atom stereocenters. The Bertz CT molecular complexity index is 2080. The summed E-state index contributed by atoms with van der Waals surface area (Å²) < 4.78 is 46.9. The van der Waals surface area contributed by atoms with Crippen LogP contribution in [0.25, 0.3) is 10.1 Å². The summed E-state index contributed by atoms with van der Waals surface area (Å²) in [7, 11) is -5.80. The fraction of sp³-hybridized carbons (Fsp3) is 0.378. The normalized spacial score (nSPS) is 20.4. The van der Waals surface area contributed by atoms with Crippen molar-refractivity contribution in [2.24, 2.45) is 5.41 Å². The van der Waals surface area contributed by atoms with E-state index in [1.807, 2.05) is 43.3 Å². The second-order valence-electron chi connectivity index (χ2n) is 14.5. The molecule has 52 heavy (non-hydrogen) atoms. The van der Waals surface area contributed by atoms with Gasteiger partial charge in [0, 0.05) is 34.8 Å². The minimum Gasteiger partial charge on any atom is -0.367 e. The summed E-state index contributed by atoms with van der Waals surface area (Å²) in [4.78, 5) is 64.7. The van der Waals surface area contributed by atoms with E-state index in [-0.39, 0.29) is 42.3 Å². The molecule has 1 aromatic heterocycles. The van der Waals surface area contributed by atoms with E-state index in [0.29, 0.717) is 16.3 Å². The first-order valence-electron chi connectivity index (χ1n) is 16.6. The van der Waals surface area contributed by atoms with E-state index < -0.39 is 53.7 Å². The Labute approximate surface area is 308 Å². The van der Waals surface area contributed by atoms with Crippen LogP contribution < -0.4 is 5.32 Å². The average Bonchev–Trinajstić information content (AvgIpc) is 3.52. The van der Waals surface area contributed by atoms with Gasteiger partial charge in [-0.25, -0.2) is 0 Å². The third-order valence-electron chi connectivity index (χ3n) is 9.70. The molecule has 2 aliphatic heterocycles. The Morgan fingerprint density at radius 1 is 1.04 bits per heavy atom. The minimum absolute atomic E-state index is 0.111. The molecule has 276 valence electrons. The number of nitrogens with zero attached hydrogens (tertiary/aromatic N) is 2. The van der Waals surface area contributed by atoms with Gasteiger partial charge < -0.3 is 29.6 Å². The molecule has 10 nitrogen and oxygen atoms in total. The van der Waals surface area contributed by atoms with E-state index in [2.05, 4.69) is 5.32 Å². The molecule has 0 bridgehead atoms. The predicted octanol–water partition coefficient (Wildman–Crippen LogP) is 6.65. The maximum atomic E-state index is 14.7. The molecule has 1 saturated heterocycles. The van der Waals surface area contributed by atoms with Crippen LogP contribution in [0.4, 0.5) is 8.78 Å². The van der Waals surface area contributed by atoms with Gasteiger partial charge in [-0.2, -0.15) is 8.78 Å². The molecule has 4 aromatic rings. The summed E-state index contributed by atoms with van der Waals surface area (Å²) in [6.07, 6.45) is 0.276. The zero-order valence-electron chi connectivity index (χ0n) is 28.9. The van der Waals surface area contributed by atoms with Crippen molar-refractivity contribution >= 4 is 58.3 Å². The molecule has 6 rings (SSSR count). The number of morpholine rings is 1. The van der Waals surface area contributed by atoms with Crippen molar-refractivity contribution in [1.82, 2.24) is 15.1 Å². The highest BCUT2D eigenvalue weighted by Gasteiger charge is 2.50. The van der Waals surface area contributed by atoms with Gasteiger partial charge in [-0.1, -0.05) is 74.8 Å². The lowest BCUT2D eigenvalue weighted by atomic mass is 9.84. The van der Waals surface area contributed by atoms with Crippen molar-refractivity contribution in [3.05, 3.63) is 105 Å². The highest BCUT2D eigenvalue weighted by molar-refractivity contribution is 7.52. The van der Waals surface area contributed by atoms with Gasteiger partial charge in [-0.05, 0) is 64.7 Å². The summed E-state index contributed by atoms with van der Waals surface area (Å²) >= 11 is 7.11. The lowest BCUT2D eigenvalue weighted by Crippen LogP contribution is -2.62. The molecule has 3 heterocycles. The minimum atomic E-state index is -5.80. The third-order valence-corrected chi connectivity index (χ3v) is 12.1. The summed E-state index contributed by atoms with van der Waals surface area (Å²) in [6, 6.07) is 17.4. The van der Waals surface area contributed by atoms with Crippen molar-refractivity contribution in [3.8, 4) is 0 Å². The Balaban J connectivity index is 1.28. The second kappa shape index (κ2) is 13.9. The van der Waals surface area contributed by atoms with E-state index >= 15 is 0 Å². The molecule has 15 heteroatoms. The number of nitrogens with one attached hydrogen (secondary N) is 1. The molecular formula is C37H39ClF2N3O7PS. The number of hydrogen-bond donors (Lipinski definition) is 3. The van der Waals surface area contributed by atoms with E-state index in [4.69, 9.17) is 16.3 Å². The molecular weight excluding hydrogens is 735 g/mol. The van der Waals surface area contributed by atoms with E-state index in [1.54, 1.807) is 37.8 Å².